The van der Waals surface area contributed by atoms with Gasteiger partial charge in [0.1, 0.15) is 13.1 Å². The summed E-state index contributed by atoms with van der Waals surface area (Å²) in [5.41, 5.74) is 6.36. The van der Waals surface area contributed by atoms with Crippen LogP contribution in [0.15, 0.2) is 88.6 Å². The Bertz CT molecular complexity index is 1330. The summed E-state index contributed by atoms with van der Waals surface area (Å²) in [6.07, 6.45) is 8.64. The van der Waals surface area contributed by atoms with Gasteiger partial charge in [0.05, 0.1) is 0 Å². The second kappa shape index (κ2) is 10.8. The second-order valence-electron chi connectivity index (χ2n) is 8.29. The summed E-state index contributed by atoms with van der Waals surface area (Å²) in [7, 11) is 0. The van der Waals surface area contributed by atoms with E-state index in [4.69, 9.17) is 0 Å². The zero-order valence-corrected chi connectivity index (χ0v) is 21.4. The van der Waals surface area contributed by atoms with Crippen molar-refractivity contribution in [2.75, 3.05) is 31.1 Å². The van der Waals surface area contributed by atoms with E-state index in [-0.39, 0.29) is 5.43 Å². The van der Waals surface area contributed by atoms with Crippen LogP contribution in [-0.2, 0) is 0 Å². The van der Waals surface area contributed by atoms with Crippen LogP contribution >= 0.6 is 11.3 Å². The number of anilines is 1. The molecular formula is C30H33N2OS+. The topological polar surface area (TPSA) is 23.3 Å². The van der Waals surface area contributed by atoms with Gasteiger partial charge in [0.2, 0.25) is 0 Å². The molecule has 4 heteroatoms. The lowest BCUT2D eigenvalue weighted by Gasteiger charge is -2.21. The van der Waals surface area contributed by atoms with Gasteiger partial charge in [-0.15, -0.1) is 11.3 Å². The molecule has 3 nitrogen and oxygen atoms in total. The molecule has 1 aliphatic rings. The maximum absolute atomic E-state index is 13.6. The highest BCUT2D eigenvalue weighted by atomic mass is 32.1. The fraction of sp³-hybridized carbons (Fsp3) is 0.267. The van der Waals surface area contributed by atoms with Crippen LogP contribution in [0.1, 0.15) is 38.8 Å². The van der Waals surface area contributed by atoms with E-state index >= 15 is 0 Å². The van der Waals surface area contributed by atoms with Crippen LogP contribution in [0.4, 0.5) is 5.69 Å². The van der Waals surface area contributed by atoms with Crippen molar-refractivity contribution in [2.24, 2.45) is 0 Å². The summed E-state index contributed by atoms with van der Waals surface area (Å²) in [5, 5.41) is 2.80. The van der Waals surface area contributed by atoms with Gasteiger partial charge in [-0.2, -0.15) is 0 Å². The Morgan fingerprint density at radius 3 is 2.12 bits per heavy atom. The molecule has 0 fully saturated rings. The molecule has 0 aliphatic heterocycles. The van der Waals surface area contributed by atoms with Crippen molar-refractivity contribution in [3.8, 4) is 0 Å². The number of benzene rings is 2. The van der Waals surface area contributed by atoms with Crippen LogP contribution in [0.25, 0.3) is 15.7 Å². The smallest absolute Gasteiger partial charge is 0.199 e. The average molecular weight is 470 g/mol. The highest BCUT2D eigenvalue weighted by Gasteiger charge is 2.18. The normalized spacial score (nSPS) is 12.9. The van der Waals surface area contributed by atoms with Gasteiger partial charge in [0.25, 0.3) is 0 Å². The Balaban J connectivity index is 1.90. The second-order valence-corrected chi connectivity index (χ2v) is 9.20. The van der Waals surface area contributed by atoms with Gasteiger partial charge in [-0.05, 0) is 75.2 Å². The van der Waals surface area contributed by atoms with Crippen molar-refractivity contribution >= 4 is 38.4 Å². The Morgan fingerprint density at radius 2 is 1.50 bits per heavy atom. The minimum atomic E-state index is 0.0880. The van der Waals surface area contributed by atoms with E-state index in [0.29, 0.717) is 0 Å². The van der Waals surface area contributed by atoms with Crippen LogP contribution in [0.5, 0.6) is 0 Å². The number of nitrogens with zero attached hydrogens (tertiary/aromatic N) is 2. The predicted molar refractivity (Wildman–Crippen MR) is 149 cm³/mol. The Kier molecular flexibility index (Phi) is 7.59. The number of hydrogen-bond acceptors (Lipinski definition) is 3. The first-order valence-corrected chi connectivity index (χ1v) is 13.1. The van der Waals surface area contributed by atoms with E-state index < -0.39 is 0 Å². The molecule has 0 atom stereocenters. The molecule has 0 saturated heterocycles. The van der Waals surface area contributed by atoms with E-state index in [1.807, 2.05) is 29.6 Å². The van der Waals surface area contributed by atoms with Gasteiger partial charge in [0.15, 0.2) is 11.1 Å². The fourth-order valence-corrected chi connectivity index (χ4v) is 5.50. The van der Waals surface area contributed by atoms with Gasteiger partial charge >= 0.3 is 0 Å². The average Bonchev–Trinajstić information content (AvgIpc) is 2.89. The maximum atomic E-state index is 13.6. The molecule has 1 aliphatic carbocycles. The molecule has 1 aromatic heterocycles. The highest BCUT2D eigenvalue weighted by Crippen LogP contribution is 2.31. The molecule has 2 aromatic carbocycles. The first kappa shape index (κ1) is 23.9. The van der Waals surface area contributed by atoms with E-state index in [1.165, 1.54) is 11.4 Å². The Hall–Kier alpha value is -3.24. The predicted octanol–water partition coefficient (Wildman–Crippen LogP) is 6.53. The molecule has 1 heterocycles. The van der Waals surface area contributed by atoms with E-state index in [2.05, 4.69) is 85.7 Å². The molecule has 3 aromatic rings. The highest BCUT2D eigenvalue weighted by molar-refractivity contribution is 7.16. The largest absolute Gasteiger partial charge is 0.372 e. The molecule has 174 valence electrons. The van der Waals surface area contributed by atoms with E-state index in [1.54, 1.807) is 11.3 Å². The summed E-state index contributed by atoms with van der Waals surface area (Å²) in [4.78, 5) is 16.0. The monoisotopic (exact) mass is 469 g/mol. The number of fused-ring (bicyclic) bond motifs is 1. The van der Waals surface area contributed by atoms with Crippen LogP contribution in [0.2, 0.25) is 0 Å². The van der Waals surface area contributed by atoms with Crippen molar-refractivity contribution in [3.63, 3.8) is 0 Å². The molecule has 0 bridgehead atoms. The molecule has 0 spiro atoms. The van der Waals surface area contributed by atoms with E-state index in [0.717, 1.165) is 58.5 Å². The SMILES string of the molecule is CCN(CC)c1ccc(C(=C2C=CC(=[N+](CC)CC)C=C2)c2csc3ccccc3c2=O)cc1. The van der Waals surface area contributed by atoms with Crippen LogP contribution in [0.3, 0.4) is 0 Å². The van der Waals surface area contributed by atoms with Crippen molar-refractivity contribution in [1.29, 1.82) is 0 Å². The van der Waals surface area contributed by atoms with Gasteiger partial charge < -0.3 is 4.90 Å². The van der Waals surface area contributed by atoms with Gasteiger partial charge in [-0.1, -0.05) is 24.3 Å². The quantitative estimate of drug-likeness (QED) is 0.367. The molecule has 4 rings (SSSR count). The first-order valence-electron chi connectivity index (χ1n) is 12.2. The molecule has 34 heavy (non-hydrogen) atoms. The van der Waals surface area contributed by atoms with Crippen molar-refractivity contribution in [3.05, 3.63) is 105 Å². The van der Waals surface area contributed by atoms with Crippen LogP contribution in [-0.4, -0.2) is 36.5 Å². The zero-order chi connectivity index (χ0) is 24.1. The van der Waals surface area contributed by atoms with Gasteiger partial charge in [0, 0.05) is 57.5 Å². The number of rotatable bonds is 7. The lowest BCUT2D eigenvalue weighted by Crippen LogP contribution is -2.21. The first-order chi connectivity index (χ1) is 16.6. The molecular weight excluding hydrogens is 436 g/mol. The Morgan fingerprint density at radius 1 is 0.853 bits per heavy atom. The zero-order valence-electron chi connectivity index (χ0n) is 20.5. The van der Waals surface area contributed by atoms with Crippen molar-refractivity contribution < 1.29 is 4.58 Å². The lowest BCUT2D eigenvalue weighted by molar-refractivity contribution is -0.519. The summed E-state index contributed by atoms with van der Waals surface area (Å²) >= 11 is 1.63. The lowest BCUT2D eigenvalue weighted by atomic mass is 9.91. The summed E-state index contributed by atoms with van der Waals surface area (Å²) in [6.45, 7) is 12.6. The molecule has 0 unspecified atom stereocenters. The molecule has 0 radical (unpaired) electrons. The van der Waals surface area contributed by atoms with Crippen LogP contribution in [0, 0.1) is 0 Å². The van der Waals surface area contributed by atoms with Crippen molar-refractivity contribution in [1.82, 2.24) is 0 Å². The minimum Gasteiger partial charge on any atom is -0.372 e. The van der Waals surface area contributed by atoms with Crippen LogP contribution < -0.4 is 10.3 Å². The third-order valence-corrected chi connectivity index (χ3v) is 7.48. The standard InChI is InChI=1S/C30H33N2OS/c1-5-31(6-2)24-17-13-22(14-18-24)29(23-15-19-25(20-16-23)32(7-3)8-4)27-21-34-28-12-10-9-11-26(28)30(27)33/h9-21H,5-8H2,1-4H3/q+1. The summed E-state index contributed by atoms with van der Waals surface area (Å²) in [6, 6.07) is 16.5. The number of hydrogen-bond donors (Lipinski definition) is 0. The summed E-state index contributed by atoms with van der Waals surface area (Å²) in [5.74, 6) is 0. The van der Waals surface area contributed by atoms with Crippen molar-refractivity contribution in [2.45, 2.75) is 27.7 Å². The number of allylic oxidation sites excluding steroid dienone is 5. The molecule has 0 saturated carbocycles. The van der Waals surface area contributed by atoms with Gasteiger partial charge in [-0.25, -0.2) is 4.58 Å². The Labute approximate surface area is 206 Å². The maximum Gasteiger partial charge on any atom is 0.199 e. The summed E-state index contributed by atoms with van der Waals surface area (Å²) < 4.78 is 3.35. The molecule has 0 amide bonds. The fourth-order valence-electron chi connectivity index (χ4n) is 4.58. The third kappa shape index (κ3) is 4.69. The van der Waals surface area contributed by atoms with E-state index in [9.17, 15) is 4.79 Å². The molecule has 0 N–H and O–H groups in total. The third-order valence-electron chi connectivity index (χ3n) is 6.52. The minimum absolute atomic E-state index is 0.0880. The van der Waals surface area contributed by atoms with Gasteiger partial charge in [-0.3, -0.25) is 4.79 Å².